The maximum absolute atomic E-state index is 12.7. The van der Waals surface area contributed by atoms with Crippen LogP contribution in [-0.4, -0.2) is 29.4 Å². The Morgan fingerprint density at radius 2 is 1.81 bits per heavy atom. The molecule has 2 aromatic heterocycles. The van der Waals surface area contributed by atoms with Crippen molar-refractivity contribution in [3.63, 3.8) is 0 Å². The average molecular weight is 379 g/mol. The third-order valence-corrected chi connectivity index (χ3v) is 4.92. The Bertz CT molecular complexity index is 852. The second-order valence-electron chi connectivity index (χ2n) is 6.06. The summed E-state index contributed by atoms with van der Waals surface area (Å²) in [6.07, 6.45) is 2.81. The van der Waals surface area contributed by atoms with E-state index in [-0.39, 0.29) is 11.8 Å². The molecule has 0 spiro atoms. The molecule has 1 aromatic carbocycles. The van der Waals surface area contributed by atoms with Crippen LogP contribution in [0.5, 0.6) is 0 Å². The maximum Gasteiger partial charge on any atom is 0.262 e. The second kappa shape index (κ2) is 9.64. The number of benzene rings is 1. The van der Waals surface area contributed by atoms with Gasteiger partial charge in [0.05, 0.1) is 4.88 Å². The molecule has 0 bridgehead atoms. The van der Waals surface area contributed by atoms with E-state index >= 15 is 0 Å². The molecule has 0 fully saturated rings. The Hall–Kier alpha value is -2.99. The van der Waals surface area contributed by atoms with Crippen molar-refractivity contribution >= 4 is 23.2 Å². The molecule has 0 saturated heterocycles. The fraction of sp³-hybridized carbons (Fsp3) is 0.190. The smallest absolute Gasteiger partial charge is 0.262 e. The van der Waals surface area contributed by atoms with Gasteiger partial charge in [-0.1, -0.05) is 42.5 Å². The van der Waals surface area contributed by atoms with Gasteiger partial charge in [0.1, 0.15) is 6.04 Å². The summed E-state index contributed by atoms with van der Waals surface area (Å²) in [5.74, 6) is -0.425. The van der Waals surface area contributed by atoms with Gasteiger partial charge in [-0.3, -0.25) is 14.6 Å². The molecule has 2 heterocycles. The van der Waals surface area contributed by atoms with Crippen molar-refractivity contribution in [1.82, 2.24) is 15.6 Å². The van der Waals surface area contributed by atoms with Crippen molar-refractivity contribution in [3.05, 3.63) is 88.4 Å². The van der Waals surface area contributed by atoms with Gasteiger partial charge >= 0.3 is 0 Å². The lowest BCUT2D eigenvalue weighted by molar-refractivity contribution is -0.122. The number of hydrogen-bond acceptors (Lipinski definition) is 4. The first-order valence-electron chi connectivity index (χ1n) is 8.78. The molecule has 1 atom stereocenters. The molecule has 0 unspecified atom stereocenters. The fourth-order valence-electron chi connectivity index (χ4n) is 2.68. The molecule has 0 saturated carbocycles. The predicted molar refractivity (Wildman–Crippen MR) is 107 cm³/mol. The van der Waals surface area contributed by atoms with Gasteiger partial charge in [0.15, 0.2) is 0 Å². The van der Waals surface area contributed by atoms with Gasteiger partial charge in [-0.25, -0.2) is 0 Å². The summed E-state index contributed by atoms with van der Waals surface area (Å²) >= 11 is 1.35. The molecule has 138 valence electrons. The van der Waals surface area contributed by atoms with Crippen LogP contribution in [-0.2, 0) is 17.6 Å². The lowest BCUT2D eigenvalue weighted by atomic mass is 10.0. The number of nitrogens with zero attached hydrogens (tertiary/aromatic N) is 1. The number of thiophene rings is 1. The zero-order chi connectivity index (χ0) is 18.9. The van der Waals surface area contributed by atoms with Crippen LogP contribution < -0.4 is 10.6 Å². The van der Waals surface area contributed by atoms with Gasteiger partial charge in [-0.15, -0.1) is 11.3 Å². The topological polar surface area (TPSA) is 71.1 Å². The zero-order valence-corrected chi connectivity index (χ0v) is 15.6. The summed E-state index contributed by atoms with van der Waals surface area (Å²) in [6.45, 7) is 0.468. The predicted octanol–water partition coefficient (Wildman–Crippen LogP) is 2.84. The summed E-state index contributed by atoms with van der Waals surface area (Å²) in [6, 6.07) is 18.3. The quantitative estimate of drug-likeness (QED) is 0.632. The minimum absolute atomic E-state index is 0.195. The van der Waals surface area contributed by atoms with Crippen molar-refractivity contribution in [2.75, 3.05) is 6.54 Å². The van der Waals surface area contributed by atoms with Crippen LogP contribution in [0.4, 0.5) is 0 Å². The number of aromatic nitrogens is 1. The molecule has 2 amide bonds. The molecule has 27 heavy (non-hydrogen) atoms. The molecule has 0 radical (unpaired) electrons. The molecule has 3 rings (SSSR count). The minimum atomic E-state index is -0.634. The fourth-order valence-corrected chi connectivity index (χ4v) is 3.31. The van der Waals surface area contributed by atoms with Crippen LogP contribution in [0.1, 0.15) is 20.9 Å². The van der Waals surface area contributed by atoms with Gasteiger partial charge in [0, 0.05) is 31.3 Å². The van der Waals surface area contributed by atoms with Crippen molar-refractivity contribution in [2.45, 2.75) is 18.9 Å². The van der Waals surface area contributed by atoms with Crippen LogP contribution in [0.3, 0.4) is 0 Å². The lowest BCUT2D eigenvalue weighted by Crippen LogP contribution is -2.48. The molecule has 6 heteroatoms. The molecule has 5 nitrogen and oxygen atoms in total. The van der Waals surface area contributed by atoms with Crippen LogP contribution >= 0.6 is 11.3 Å². The number of amides is 2. The molecule has 0 aliphatic rings. The van der Waals surface area contributed by atoms with Crippen molar-refractivity contribution in [2.24, 2.45) is 0 Å². The van der Waals surface area contributed by atoms with Crippen LogP contribution in [0.25, 0.3) is 0 Å². The Labute approximate surface area is 162 Å². The first-order valence-corrected chi connectivity index (χ1v) is 9.66. The molecular formula is C21H21N3O2S. The van der Waals surface area contributed by atoms with E-state index in [1.807, 2.05) is 60.0 Å². The highest BCUT2D eigenvalue weighted by atomic mass is 32.1. The lowest BCUT2D eigenvalue weighted by Gasteiger charge is -2.18. The van der Waals surface area contributed by atoms with E-state index in [0.717, 1.165) is 11.3 Å². The standard InChI is InChI=1S/C21H21N3O2S/c25-20(23-13-11-17-9-4-5-12-22-17)18(15-16-7-2-1-3-8-16)24-21(26)19-10-6-14-27-19/h1-10,12,14,18H,11,13,15H2,(H,23,25)(H,24,26)/t18-/m1/s1. The third kappa shape index (κ3) is 5.76. The van der Waals surface area contributed by atoms with E-state index in [2.05, 4.69) is 15.6 Å². The third-order valence-electron chi connectivity index (χ3n) is 4.06. The molecule has 2 N–H and O–H groups in total. The Morgan fingerprint density at radius 3 is 2.52 bits per heavy atom. The number of carbonyl (C=O) groups is 2. The van der Waals surface area contributed by atoms with Crippen molar-refractivity contribution < 1.29 is 9.59 Å². The van der Waals surface area contributed by atoms with E-state index < -0.39 is 6.04 Å². The van der Waals surface area contributed by atoms with Gasteiger partial charge in [0.2, 0.25) is 5.91 Å². The van der Waals surface area contributed by atoms with Crippen molar-refractivity contribution in [3.8, 4) is 0 Å². The summed E-state index contributed by atoms with van der Waals surface area (Å²) < 4.78 is 0. The van der Waals surface area contributed by atoms with Gasteiger partial charge in [-0.2, -0.15) is 0 Å². The van der Waals surface area contributed by atoms with Crippen LogP contribution in [0, 0.1) is 0 Å². The summed E-state index contributed by atoms with van der Waals surface area (Å²) in [5, 5.41) is 7.61. The number of nitrogens with one attached hydrogen (secondary N) is 2. The maximum atomic E-state index is 12.7. The van der Waals surface area contributed by atoms with Gasteiger partial charge < -0.3 is 10.6 Å². The summed E-state index contributed by atoms with van der Waals surface area (Å²) in [5.41, 5.74) is 1.91. The second-order valence-corrected chi connectivity index (χ2v) is 7.00. The molecule has 3 aromatic rings. The number of carbonyl (C=O) groups excluding carboxylic acids is 2. The molecule has 0 aliphatic carbocycles. The highest BCUT2D eigenvalue weighted by Gasteiger charge is 2.22. The number of pyridine rings is 1. The van der Waals surface area contributed by atoms with Crippen LogP contribution in [0.15, 0.2) is 72.2 Å². The van der Waals surface area contributed by atoms with E-state index in [9.17, 15) is 9.59 Å². The van der Waals surface area contributed by atoms with E-state index in [1.54, 1.807) is 12.3 Å². The Kier molecular flexibility index (Phi) is 6.71. The van der Waals surface area contributed by atoms with E-state index in [1.165, 1.54) is 11.3 Å². The zero-order valence-electron chi connectivity index (χ0n) is 14.8. The van der Waals surface area contributed by atoms with Gasteiger partial charge in [0.25, 0.3) is 5.91 Å². The highest BCUT2D eigenvalue weighted by Crippen LogP contribution is 2.10. The first kappa shape index (κ1) is 18.8. The average Bonchev–Trinajstić information content (AvgIpc) is 3.24. The largest absolute Gasteiger partial charge is 0.354 e. The Morgan fingerprint density at radius 1 is 1.00 bits per heavy atom. The SMILES string of the molecule is O=C(N[C@H](Cc1ccccc1)C(=O)NCCc1ccccn1)c1cccs1. The normalized spacial score (nSPS) is 11.6. The number of hydrogen-bond donors (Lipinski definition) is 2. The minimum Gasteiger partial charge on any atom is -0.354 e. The Balaban J connectivity index is 1.62. The monoisotopic (exact) mass is 379 g/mol. The van der Waals surface area contributed by atoms with E-state index in [0.29, 0.717) is 24.3 Å². The first-order chi connectivity index (χ1) is 13.2. The summed E-state index contributed by atoms with van der Waals surface area (Å²) in [7, 11) is 0. The molecule has 0 aliphatic heterocycles. The summed E-state index contributed by atoms with van der Waals surface area (Å²) in [4.78, 5) is 30.0. The van der Waals surface area contributed by atoms with Crippen molar-refractivity contribution in [1.29, 1.82) is 0 Å². The molecular weight excluding hydrogens is 358 g/mol. The highest BCUT2D eigenvalue weighted by molar-refractivity contribution is 7.12. The van der Waals surface area contributed by atoms with Gasteiger partial charge in [-0.05, 0) is 29.1 Å². The van der Waals surface area contributed by atoms with E-state index in [4.69, 9.17) is 0 Å². The number of rotatable bonds is 8. The van der Waals surface area contributed by atoms with Crippen LogP contribution in [0.2, 0.25) is 0 Å².